The van der Waals surface area contributed by atoms with Crippen LogP contribution in [-0.2, 0) is 0 Å². The van der Waals surface area contributed by atoms with Crippen LogP contribution in [0.3, 0.4) is 0 Å². The van der Waals surface area contributed by atoms with Gasteiger partial charge in [0, 0.05) is 17.7 Å². The molecule has 1 unspecified atom stereocenters. The molecule has 0 bridgehead atoms. The molecule has 0 aromatic heterocycles. The van der Waals surface area contributed by atoms with Gasteiger partial charge in [0.1, 0.15) is 11.5 Å². The molecule has 0 amide bonds. The Morgan fingerprint density at radius 1 is 1.19 bits per heavy atom. The summed E-state index contributed by atoms with van der Waals surface area (Å²) in [5.74, 6) is 1.82. The van der Waals surface area contributed by atoms with Crippen LogP contribution in [0.5, 0.6) is 11.5 Å². The van der Waals surface area contributed by atoms with Crippen LogP contribution in [0, 0.1) is 13.8 Å². The first-order chi connectivity index (χ1) is 10.2. The maximum absolute atomic E-state index is 5.75. The molecule has 21 heavy (non-hydrogen) atoms. The Kier molecular flexibility index (Phi) is 3.74. The molecule has 1 heterocycles. The zero-order valence-electron chi connectivity index (χ0n) is 12.8. The summed E-state index contributed by atoms with van der Waals surface area (Å²) in [5.41, 5.74) is 4.96. The second-order valence-electron chi connectivity index (χ2n) is 5.49. The van der Waals surface area contributed by atoms with E-state index in [0.717, 1.165) is 24.5 Å². The molecule has 0 saturated heterocycles. The van der Waals surface area contributed by atoms with Crippen molar-refractivity contribution in [1.82, 2.24) is 0 Å². The number of fused-ring (bicyclic) bond motifs is 1. The number of methoxy groups -OCH3 is 1. The van der Waals surface area contributed by atoms with Crippen molar-refractivity contribution in [2.75, 3.05) is 19.0 Å². The molecule has 1 atom stereocenters. The van der Waals surface area contributed by atoms with Gasteiger partial charge >= 0.3 is 0 Å². The highest BCUT2D eigenvalue weighted by molar-refractivity contribution is 5.56. The lowest BCUT2D eigenvalue weighted by atomic mass is 9.98. The maximum Gasteiger partial charge on any atom is 0.124 e. The summed E-state index contributed by atoms with van der Waals surface area (Å²) in [5, 5.41) is 3.66. The van der Waals surface area contributed by atoms with Crippen molar-refractivity contribution in [3.05, 3.63) is 53.1 Å². The average molecular weight is 283 g/mol. The van der Waals surface area contributed by atoms with E-state index < -0.39 is 0 Å². The van der Waals surface area contributed by atoms with E-state index in [0.29, 0.717) is 0 Å². The van der Waals surface area contributed by atoms with Crippen molar-refractivity contribution in [3.8, 4) is 11.5 Å². The fourth-order valence-corrected chi connectivity index (χ4v) is 2.74. The Balaban J connectivity index is 1.93. The zero-order chi connectivity index (χ0) is 14.8. The van der Waals surface area contributed by atoms with Gasteiger partial charge < -0.3 is 14.8 Å². The molecule has 3 rings (SSSR count). The molecule has 0 fully saturated rings. The molecular weight excluding hydrogens is 262 g/mol. The topological polar surface area (TPSA) is 30.5 Å². The van der Waals surface area contributed by atoms with Crippen molar-refractivity contribution in [2.24, 2.45) is 0 Å². The minimum atomic E-state index is 0.254. The van der Waals surface area contributed by atoms with E-state index in [-0.39, 0.29) is 6.04 Å². The molecule has 2 aromatic rings. The highest BCUT2D eigenvalue weighted by Crippen LogP contribution is 2.37. The molecular formula is C18H21NO2. The Bertz CT molecular complexity index is 652. The second-order valence-corrected chi connectivity index (χ2v) is 5.49. The Morgan fingerprint density at radius 2 is 2.05 bits per heavy atom. The summed E-state index contributed by atoms with van der Waals surface area (Å²) >= 11 is 0. The number of benzene rings is 2. The van der Waals surface area contributed by atoms with Crippen molar-refractivity contribution in [2.45, 2.75) is 26.3 Å². The Hall–Kier alpha value is -2.16. The van der Waals surface area contributed by atoms with Gasteiger partial charge in [-0.05, 0) is 49.2 Å². The van der Waals surface area contributed by atoms with Gasteiger partial charge in [0.05, 0.1) is 19.8 Å². The van der Waals surface area contributed by atoms with Gasteiger partial charge in [-0.2, -0.15) is 0 Å². The summed E-state index contributed by atoms with van der Waals surface area (Å²) in [7, 11) is 1.69. The van der Waals surface area contributed by atoms with E-state index in [2.05, 4.69) is 43.4 Å². The summed E-state index contributed by atoms with van der Waals surface area (Å²) in [6.45, 7) is 5.03. The van der Waals surface area contributed by atoms with Gasteiger partial charge in [-0.1, -0.05) is 12.1 Å². The summed E-state index contributed by atoms with van der Waals surface area (Å²) in [6, 6.07) is 12.6. The Labute approximate surface area is 125 Å². The van der Waals surface area contributed by atoms with Gasteiger partial charge in [-0.15, -0.1) is 0 Å². The number of nitrogens with one attached hydrogen (secondary N) is 1. The number of anilines is 1. The van der Waals surface area contributed by atoms with Crippen LogP contribution in [0.2, 0.25) is 0 Å². The van der Waals surface area contributed by atoms with Gasteiger partial charge in [-0.3, -0.25) is 0 Å². The first kappa shape index (κ1) is 13.8. The van der Waals surface area contributed by atoms with E-state index in [4.69, 9.17) is 9.47 Å². The third kappa shape index (κ3) is 2.68. The van der Waals surface area contributed by atoms with Crippen LogP contribution in [0.15, 0.2) is 36.4 Å². The SMILES string of the molecule is COc1ccc2c(c1)C(Nc1cccc(C)c1C)CCO2. The predicted octanol–water partition coefficient (Wildman–Crippen LogP) is 4.25. The quantitative estimate of drug-likeness (QED) is 0.913. The maximum atomic E-state index is 5.75. The number of rotatable bonds is 3. The summed E-state index contributed by atoms with van der Waals surface area (Å²) in [4.78, 5) is 0. The number of aryl methyl sites for hydroxylation is 1. The largest absolute Gasteiger partial charge is 0.497 e. The van der Waals surface area contributed by atoms with Crippen LogP contribution in [0.4, 0.5) is 5.69 Å². The molecule has 3 heteroatoms. The molecule has 0 radical (unpaired) electrons. The smallest absolute Gasteiger partial charge is 0.124 e. The van der Waals surface area contributed by atoms with Crippen LogP contribution in [-0.4, -0.2) is 13.7 Å². The average Bonchev–Trinajstić information content (AvgIpc) is 2.51. The number of hydrogen-bond acceptors (Lipinski definition) is 3. The lowest BCUT2D eigenvalue weighted by Crippen LogP contribution is -2.21. The lowest BCUT2D eigenvalue weighted by molar-refractivity contribution is 0.273. The third-order valence-corrected chi connectivity index (χ3v) is 4.19. The standard InChI is InChI=1S/C18H21NO2/c1-12-5-4-6-16(13(12)2)19-17-9-10-21-18-8-7-14(20-3)11-15(17)18/h4-8,11,17,19H,9-10H2,1-3H3. The number of ether oxygens (including phenoxy) is 2. The molecule has 1 N–H and O–H groups in total. The first-order valence-electron chi connectivity index (χ1n) is 7.32. The fraction of sp³-hybridized carbons (Fsp3) is 0.333. The zero-order valence-corrected chi connectivity index (χ0v) is 12.8. The molecule has 0 aliphatic carbocycles. The van der Waals surface area contributed by atoms with E-state index >= 15 is 0 Å². The van der Waals surface area contributed by atoms with Gasteiger partial charge in [-0.25, -0.2) is 0 Å². The number of hydrogen-bond donors (Lipinski definition) is 1. The minimum Gasteiger partial charge on any atom is -0.497 e. The fourth-order valence-electron chi connectivity index (χ4n) is 2.74. The monoisotopic (exact) mass is 283 g/mol. The second kappa shape index (κ2) is 5.68. The molecule has 1 aliphatic rings. The summed E-state index contributed by atoms with van der Waals surface area (Å²) in [6.07, 6.45) is 0.952. The van der Waals surface area contributed by atoms with Crippen LogP contribution in [0.1, 0.15) is 29.2 Å². The van der Waals surface area contributed by atoms with Crippen molar-refractivity contribution < 1.29 is 9.47 Å². The third-order valence-electron chi connectivity index (χ3n) is 4.19. The molecule has 0 spiro atoms. The predicted molar refractivity (Wildman–Crippen MR) is 85.4 cm³/mol. The van der Waals surface area contributed by atoms with Crippen LogP contribution < -0.4 is 14.8 Å². The molecule has 2 aromatic carbocycles. The van der Waals surface area contributed by atoms with E-state index in [1.54, 1.807) is 7.11 Å². The highest BCUT2D eigenvalue weighted by Gasteiger charge is 2.22. The highest BCUT2D eigenvalue weighted by atomic mass is 16.5. The molecule has 0 saturated carbocycles. The summed E-state index contributed by atoms with van der Waals surface area (Å²) < 4.78 is 11.1. The minimum absolute atomic E-state index is 0.254. The Morgan fingerprint density at radius 3 is 2.86 bits per heavy atom. The van der Waals surface area contributed by atoms with Crippen molar-refractivity contribution in [1.29, 1.82) is 0 Å². The van der Waals surface area contributed by atoms with Crippen molar-refractivity contribution >= 4 is 5.69 Å². The molecule has 1 aliphatic heterocycles. The normalized spacial score (nSPS) is 16.8. The van der Waals surface area contributed by atoms with E-state index in [1.807, 2.05) is 12.1 Å². The first-order valence-corrected chi connectivity index (χ1v) is 7.32. The van der Waals surface area contributed by atoms with Crippen LogP contribution >= 0.6 is 0 Å². The molecule has 3 nitrogen and oxygen atoms in total. The lowest BCUT2D eigenvalue weighted by Gasteiger charge is -2.28. The van der Waals surface area contributed by atoms with Gasteiger partial charge in [0.25, 0.3) is 0 Å². The van der Waals surface area contributed by atoms with Crippen molar-refractivity contribution in [3.63, 3.8) is 0 Å². The van der Waals surface area contributed by atoms with E-state index in [1.165, 1.54) is 22.4 Å². The molecule has 110 valence electrons. The van der Waals surface area contributed by atoms with Crippen LogP contribution in [0.25, 0.3) is 0 Å². The van der Waals surface area contributed by atoms with Gasteiger partial charge in [0.2, 0.25) is 0 Å². The van der Waals surface area contributed by atoms with E-state index in [9.17, 15) is 0 Å². The van der Waals surface area contributed by atoms with Gasteiger partial charge in [0.15, 0.2) is 0 Å².